The molecule has 0 saturated heterocycles. The van der Waals surface area contributed by atoms with Crippen molar-refractivity contribution in [3.8, 4) is 0 Å². The largest absolute Gasteiger partial charge is 0.281 e. The van der Waals surface area contributed by atoms with Gasteiger partial charge in [0.05, 0.1) is 0 Å². The quantitative estimate of drug-likeness (QED) is 0.798. The third-order valence-corrected chi connectivity index (χ3v) is 6.96. The Bertz CT molecular complexity index is 341. The molecular formula is C14H28N2O2S. The highest BCUT2D eigenvalue weighted by atomic mass is 32.2. The summed E-state index contributed by atoms with van der Waals surface area (Å²) in [5.74, 6) is 0. The molecule has 2 aliphatic rings. The van der Waals surface area contributed by atoms with Crippen molar-refractivity contribution in [3.05, 3.63) is 0 Å². The van der Waals surface area contributed by atoms with Crippen molar-refractivity contribution in [1.29, 1.82) is 0 Å². The van der Waals surface area contributed by atoms with Gasteiger partial charge in [-0.25, -0.2) is 0 Å². The van der Waals surface area contributed by atoms with E-state index < -0.39 is 10.2 Å². The van der Waals surface area contributed by atoms with E-state index in [4.69, 9.17) is 0 Å². The van der Waals surface area contributed by atoms with Crippen LogP contribution in [-0.2, 0) is 10.2 Å². The average Bonchev–Trinajstić information content (AvgIpc) is 2.47. The maximum atomic E-state index is 12.7. The zero-order valence-corrected chi connectivity index (χ0v) is 13.2. The van der Waals surface area contributed by atoms with Gasteiger partial charge in [-0.3, -0.25) is 0 Å². The minimum atomic E-state index is -3.27. The molecule has 112 valence electrons. The molecule has 2 saturated carbocycles. The molecule has 0 aromatic rings. The van der Waals surface area contributed by atoms with Crippen molar-refractivity contribution in [2.24, 2.45) is 0 Å². The van der Waals surface area contributed by atoms with Crippen LogP contribution in [0.4, 0.5) is 0 Å². The SMILES string of the molecule is CN(C1CCCCC1)S(=O)(=O)N(C)C1CCCCC1. The summed E-state index contributed by atoms with van der Waals surface area (Å²) in [6.07, 6.45) is 11.3. The molecular weight excluding hydrogens is 260 g/mol. The molecule has 0 N–H and O–H groups in total. The van der Waals surface area contributed by atoms with Gasteiger partial charge in [0.2, 0.25) is 0 Å². The number of nitrogens with zero attached hydrogens (tertiary/aromatic N) is 2. The van der Waals surface area contributed by atoms with E-state index in [1.165, 1.54) is 12.8 Å². The molecule has 2 aliphatic carbocycles. The predicted molar refractivity (Wildman–Crippen MR) is 78.2 cm³/mol. The highest BCUT2D eigenvalue weighted by Crippen LogP contribution is 2.28. The molecule has 19 heavy (non-hydrogen) atoms. The molecule has 5 heteroatoms. The zero-order valence-electron chi connectivity index (χ0n) is 12.3. The Labute approximate surface area is 118 Å². The molecule has 0 unspecified atom stereocenters. The lowest BCUT2D eigenvalue weighted by atomic mass is 9.96. The van der Waals surface area contributed by atoms with Crippen LogP contribution >= 0.6 is 0 Å². The molecule has 0 aliphatic heterocycles. The first-order valence-corrected chi connectivity index (χ1v) is 9.14. The smallest absolute Gasteiger partial charge is 0.195 e. The predicted octanol–water partition coefficient (Wildman–Crippen LogP) is 2.76. The normalized spacial score (nSPS) is 24.2. The van der Waals surface area contributed by atoms with Crippen molar-refractivity contribution in [1.82, 2.24) is 8.61 Å². The third-order valence-electron chi connectivity index (χ3n) is 4.91. The van der Waals surface area contributed by atoms with Gasteiger partial charge in [0, 0.05) is 26.2 Å². The minimum Gasteiger partial charge on any atom is -0.195 e. The van der Waals surface area contributed by atoms with Crippen molar-refractivity contribution in [2.45, 2.75) is 76.3 Å². The van der Waals surface area contributed by atoms with Crippen molar-refractivity contribution in [3.63, 3.8) is 0 Å². The van der Waals surface area contributed by atoms with E-state index in [9.17, 15) is 8.42 Å². The standard InChI is InChI=1S/C14H28N2O2S/c1-15(13-9-5-3-6-10-13)19(17,18)16(2)14-11-7-4-8-12-14/h13-14H,3-12H2,1-2H3. The van der Waals surface area contributed by atoms with Crippen LogP contribution in [0.3, 0.4) is 0 Å². The molecule has 0 amide bonds. The maximum Gasteiger partial charge on any atom is 0.281 e. The van der Waals surface area contributed by atoms with E-state index >= 15 is 0 Å². The second-order valence-electron chi connectivity index (χ2n) is 6.12. The van der Waals surface area contributed by atoms with E-state index in [1.54, 1.807) is 22.7 Å². The summed E-state index contributed by atoms with van der Waals surface area (Å²) in [6.45, 7) is 0. The Kier molecular flexibility index (Phi) is 5.26. The van der Waals surface area contributed by atoms with E-state index in [0.717, 1.165) is 51.4 Å². The van der Waals surface area contributed by atoms with E-state index in [-0.39, 0.29) is 12.1 Å². The second kappa shape index (κ2) is 6.55. The summed E-state index contributed by atoms with van der Waals surface area (Å²) in [5.41, 5.74) is 0. The molecule has 2 fully saturated rings. The van der Waals surface area contributed by atoms with E-state index in [0.29, 0.717) is 0 Å². The Hall–Kier alpha value is -0.130. The number of hydrogen-bond donors (Lipinski definition) is 0. The highest BCUT2D eigenvalue weighted by molar-refractivity contribution is 7.86. The van der Waals surface area contributed by atoms with E-state index in [2.05, 4.69) is 0 Å². The van der Waals surface area contributed by atoms with Crippen LogP contribution in [0.1, 0.15) is 64.2 Å². The van der Waals surface area contributed by atoms with Gasteiger partial charge in [0.25, 0.3) is 10.2 Å². The highest BCUT2D eigenvalue weighted by Gasteiger charge is 2.34. The van der Waals surface area contributed by atoms with Crippen LogP contribution in [0, 0.1) is 0 Å². The fourth-order valence-corrected chi connectivity index (χ4v) is 5.05. The van der Waals surface area contributed by atoms with Crippen LogP contribution in [0.25, 0.3) is 0 Å². The van der Waals surface area contributed by atoms with Gasteiger partial charge in [-0.2, -0.15) is 17.0 Å². The van der Waals surface area contributed by atoms with Crippen molar-refractivity contribution in [2.75, 3.05) is 14.1 Å². The molecule has 0 aromatic heterocycles. The summed E-state index contributed by atoms with van der Waals surface area (Å²) in [6, 6.07) is 0.426. The zero-order chi connectivity index (χ0) is 13.9. The van der Waals surface area contributed by atoms with Gasteiger partial charge in [-0.05, 0) is 25.7 Å². The Morgan fingerprint density at radius 3 is 1.32 bits per heavy atom. The van der Waals surface area contributed by atoms with Crippen molar-refractivity contribution >= 4 is 10.2 Å². The van der Waals surface area contributed by atoms with Crippen molar-refractivity contribution < 1.29 is 8.42 Å². The summed E-state index contributed by atoms with van der Waals surface area (Å²) >= 11 is 0. The molecule has 0 aromatic carbocycles. The monoisotopic (exact) mass is 288 g/mol. The Morgan fingerprint density at radius 2 is 1.00 bits per heavy atom. The second-order valence-corrected chi connectivity index (χ2v) is 8.17. The lowest BCUT2D eigenvalue weighted by molar-refractivity contribution is 0.236. The van der Waals surface area contributed by atoms with E-state index in [1.807, 2.05) is 0 Å². The third kappa shape index (κ3) is 3.50. The van der Waals surface area contributed by atoms with Crippen LogP contribution in [0.2, 0.25) is 0 Å². The number of rotatable bonds is 4. The fourth-order valence-electron chi connectivity index (χ4n) is 3.47. The van der Waals surface area contributed by atoms with Gasteiger partial charge in [-0.1, -0.05) is 38.5 Å². The van der Waals surface area contributed by atoms with Crippen LogP contribution in [0.5, 0.6) is 0 Å². The van der Waals surface area contributed by atoms with Gasteiger partial charge >= 0.3 is 0 Å². The molecule has 0 spiro atoms. The fraction of sp³-hybridized carbons (Fsp3) is 1.00. The number of hydrogen-bond acceptors (Lipinski definition) is 2. The molecule has 0 heterocycles. The minimum absolute atomic E-state index is 0.213. The molecule has 2 rings (SSSR count). The molecule has 0 radical (unpaired) electrons. The average molecular weight is 288 g/mol. The van der Waals surface area contributed by atoms with Gasteiger partial charge in [-0.15, -0.1) is 0 Å². The molecule has 4 nitrogen and oxygen atoms in total. The summed E-state index contributed by atoms with van der Waals surface area (Å²) < 4.78 is 28.6. The Balaban J connectivity index is 2.02. The maximum absolute atomic E-state index is 12.7. The van der Waals surface area contributed by atoms with Crippen LogP contribution in [-0.4, -0.2) is 43.2 Å². The summed E-state index contributed by atoms with van der Waals surface area (Å²) in [5, 5.41) is 0. The first-order chi connectivity index (χ1) is 9.03. The topological polar surface area (TPSA) is 40.6 Å². The molecule has 0 bridgehead atoms. The van der Waals surface area contributed by atoms with Gasteiger partial charge in [0.1, 0.15) is 0 Å². The lowest BCUT2D eigenvalue weighted by Gasteiger charge is -2.37. The van der Waals surface area contributed by atoms with Crippen LogP contribution in [0.15, 0.2) is 0 Å². The summed E-state index contributed by atoms with van der Waals surface area (Å²) in [4.78, 5) is 0. The first-order valence-electron chi connectivity index (χ1n) is 7.74. The van der Waals surface area contributed by atoms with Gasteiger partial charge < -0.3 is 0 Å². The van der Waals surface area contributed by atoms with Crippen LogP contribution < -0.4 is 0 Å². The lowest BCUT2D eigenvalue weighted by Crippen LogP contribution is -2.49. The van der Waals surface area contributed by atoms with Gasteiger partial charge in [0.15, 0.2) is 0 Å². The summed E-state index contributed by atoms with van der Waals surface area (Å²) in [7, 11) is 0.265. The first kappa shape index (κ1) is 15.3. The Morgan fingerprint density at radius 1 is 0.684 bits per heavy atom. The molecule has 0 atom stereocenters.